The number of methoxy groups -OCH3 is 2. The molecule has 0 aliphatic rings. The number of fused-ring (bicyclic) bond motifs is 1. The second-order valence-corrected chi connectivity index (χ2v) is 6.43. The monoisotopic (exact) mass is 372 g/mol. The van der Waals surface area contributed by atoms with Crippen molar-refractivity contribution in [3.63, 3.8) is 0 Å². The van der Waals surface area contributed by atoms with Crippen molar-refractivity contribution in [1.82, 2.24) is 9.55 Å². The van der Waals surface area contributed by atoms with Gasteiger partial charge in [0, 0.05) is 41.5 Å². The van der Waals surface area contributed by atoms with E-state index in [1.165, 1.54) is 26.0 Å². The Hall–Kier alpha value is -3.60. The van der Waals surface area contributed by atoms with Gasteiger partial charge in [0.2, 0.25) is 5.88 Å². The van der Waals surface area contributed by atoms with Crippen molar-refractivity contribution in [2.24, 2.45) is 0 Å². The van der Waals surface area contributed by atoms with Gasteiger partial charge in [-0.05, 0) is 11.6 Å². The molecule has 4 rings (SSSR count). The molecule has 0 radical (unpaired) electrons. The lowest BCUT2D eigenvalue weighted by Gasteiger charge is -2.08. The minimum Gasteiger partial charge on any atom is -0.496 e. The third-order valence-corrected chi connectivity index (χ3v) is 4.74. The van der Waals surface area contributed by atoms with Crippen molar-refractivity contribution in [3.05, 3.63) is 89.7 Å². The molecule has 0 fully saturated rings. The zero-order chi connectivity index (χ0) is 19.5. The van der Waals surface area contributed by atoms with Crippen LogP contribution in [0.25, 0.3) is 10.9 Å². The first kappa shape index (κ1) is 17.8. The highest BCUT2D eigenvalue weighted by Gasteiger charge is 2.21. The SMILES string of the molecule is COc1cc(OC)c(C(=O)c2cn(Cc3ccccc3)c3ccccc23)cn1. The fourth-order valence-electron chi connectivity index (χ4n) is 3.35. The standard InChI is InChI=1S/C23H20N2O3/c1-27-21-12-22(28-2)24-13-18(21)23(26)19-15-25(14-16-8-4-3-5-9-16)20-11-7-6-10-17(19)20/h3-13,15H,14H2,1-2H3. The fourth-order valence-corrected chi connectivity index (χ4v) is 3.35. The van der Waals surface area contributed by atoms with Gasteiger partial charge in [-0.3, -0.25) is 4.79 Å². The molecule has 0 unspecified atom stereocenters. The largest absolute Gasteiger partial charge is 0.496 e. The summed E-state index contributed by atoms with van der Waals surface area (Å²) in [6, 6.07) is 19.7. The smallest absolute Gasteiger partial charge is 0.216 e. The van der Waals surface area contributed by atoms with Crippen LogP contribution in [0.1, 0.15) is 21.5 Å². The number of ketones is 1. The van der Waals surface area contributed by atoms with Gasteiger partial charge >= 0.3 is 0 Å². The summed E-state index contributed by atoms with van der Waals surface area (Å²) in [5.74, 6) is 0.715. The predicted molar refractivity (Wildman–Crippen MR) is 108 cm³/mol. The molecule has 0 saturated carbocycles. The first-order valence-electron chi connectivity index (χ1n) is 8.95. The molecule has 5 heteroatoms. The van der Waals surface area contributed by atoms with Crippen LogP contribution in [0.4, 0.5) is 0 Å². The van der Waals surface area contributed by atoms with Crippen LogP contribution in [0, 0.1) is 0 Å². The molecule has 0 aliphatic heterocycles. The molecule has 4 aromatic rings. The van der Waals surface area contributed by atoms with Crippen molar-refractivity contribution in [3.8, 4) is 11.6 Å². The molecule has 0 atom stereocenters. The number of carbonyl (C=O) groups is 1. The Morgan fingerprint density at radius 3 is 2.46 bits per heavy atom. The summed E-state index contributed by atoms with van der Waals surface area (Å²) in [5.41, 5.74) is 3.21. The highest BCUT2D eigenvalue weighted by molar-refractivity contribution is 6.17. The average molecular weight is 372 g/mol. The lowest BCUT2D eigenvalue weighted by atomic mass is 10.0. The van der Waals surface area contributed by atoms with Crippen molar-refractivity contribution >= 4 is 16.7 Å². The lowest BCUT2D eigenvalue weighted by Crippen LogP contribution is -2.05. The van der Waals surface area contributed by atoms with E-state index in [-0.39, 0.29) is 5.78 Å². The number of para-hydroxylation sites is 1. The molecule has 2 heterocycles. The maximum atomic E-state index is 13.3. The fraction of sp³-hybridized carbons (Fsp3) is 0.130. The van der Waals surface area contributed by atoms with Crippen molar-refractivity contribution in [1.29, 1.82) is 0 Å². The first-order valence-corrected chi connectivity index (χ1v) is 8.95. The second-order valence-electron chi connectivity index (χ2n) is 6.43. The average Bonchev–Trinajstić information content (AvgIpc) is 3.12. The van der Waals surface area contributed by atoms with Crippen LogP contribution in [0.15, 0.2) is 73.1 Å². The van der Waals surface area contributed by atoms with E-state index in [4.69, 9.17) is 9.47 Å². The van der Waals surface area contributed by atoms with E-state index in [2.05, 4.69) is 21.7 Å². The zero-order valence-corrected chi connectivity index (χ0v) is 15.8. The van der Waals surface area contributed by atoms with Crippen molar-refractivity contribution < 1.29 is 14.3 Å². The maximum Gasteiger partial charge on any atom is 0.216 e. The first-order chi connectivity index (χ1) is 13.7. The van der Waals surface area contributed by atoms with Gasteiger partial charge in [-0.25, -0.2) is 4.98 Å². The molecule has 0 amide bonds. The van der Waals surface area contributed by atoms with Gasteiger partial charge in [-0.15, -0.1) is 0 Å². The van der Waals surface area contributed by atoms with Gasteiger partial charge in [-0.1, -0.05) is 48.5 Å². The Kier molecular flexibility index (Phi) is 4.81. The van der Waals surface area contributed by atoms with Crippen LogP contribution in [0.5, 0.6) is 11.6 Å². The summed E-state index contributed by atoms with van der Waals surface area (Å²) in [6.45, 7) is 0.687. The van der Waals surface area contributed by atoms with E-state index in [1.807, 2.05) is 48.7 Å². The summed E-state index contributed by atoms with van der Waals surface area (Å²) < 4.78 is 12.6. The number of rotatable bonds is 6. The molecule has 0 bridgehead atoms. The second kappa shape index (κ2) is 7.56. The third-order valence-electron chi connectivity index (χ3n) is 4.74. The molecule has 5 nitrogen and oxygen atoms in total. The van der Waals surface area contributed by atoms with Gasteiger partial charge in [-0.2, -0.15) is 0 Å². The number of ether oxygens (including phenoxy) is 2. The van der Waals surface area contributed by atoms with Gasteiger partial charge in [0.15, 0.2) is 5.78 Å². The predicted octanol–water partition coefficient (Wildman–Crippen LogP) is 4.33. The molecule has 0 spiro atoms. The van der Waals surface area contributed by atoms with Crippen LogP contribution in [-0.4, -0.2) is 29.6 Å². The van der Waals surface area contributed by atoms with Crippen LogP contribution in [-0.2, 0) is 6.54 Å². The van der Waals surface area contributed by atoms with Gasteiger partial charge in [0.1, 0.15) is 5.75 Å². The summed E-state index contributed by atoms with van der Waals surface area (Å²) >= 11 is 0. The molecule has 0 aliphatic carbocycles. The van der Waals surface area contributed by atoms with E-state index in [0.717, 1.165) is 10.9 Å². The molecule has 28 heavy (non-hydrogen) atoms. The van der Waals surface area contributed by atoms with Crippen molar-refractivity contribution in [2.45, 2.75) is 6.54 Å². The van der Waals surface area contributed by atoms with Crippen LogP contribution in [0.2, 0.25) is 0 Å². The van der Waals surface area contributed by atoms with Crippen LogP contribution in [0.3, 0.4) is 0 Å². The number of carbonyl (C=O) groups excluding carboxylic acids is 1. The quantitative estimate of drug-likeness (QED) is 0.473. The Bertz CT molecular complexity index is 1130. The highest BCUT2D eigenvalue weighted by Crippen LogP contribution is 2.29. The Morgan fingerprint density at radius 2 is 1.71 bits per heavy atom. The van der Waals surface area contributed by atoms with Crippen molar-refractivity contribution in [2.75, 3.05) is 14.2 Å². The highest BCUT2D eigenvalue weighted by atomic mass is 16.5. The lowest BCUT2D eigenvalue weighted by molar-refractivity contribution is 0.103. The normalized spacial score (nSPS) is 10.8. The molecular weight excluding hydrogens is 352 g/mol. The van der Waals surface area contributed by atoms with Gasteiger partial charge in [0.25, 0.3) is 0 Å². The Morgan fingerprint density at radius 1 is 0.964 bits per heavy atom. The summed E-state index contributed by atoms with van der Waals surface area (Å²) in [4.78, 5) is 17.5. The maximum absolute atomic E-state index is 13.3. The van der Waals surface area contributed by atoms with Gasteiger partial charge in [0.05, 0.1) is 19.8 Å². The molecule has 2 aromatic carbocycles. The number of hydrogen-bond donors (Lipinski definition) is 0. The summed E-state index contributed by atoms with van der Waals surface area (Å²) in [5, 5.41) is 0.904. The molecule has 2 aromatic heterocycles. The molecule has 0 N–H and O–H groups in total. The minimum atomic E-state index is -0.130. The minimum absolute atomic E-state index is 0.130. The van der Waals surface area contributed by atoms with E-state index >= 15 is 0 Å². The zero-order valence-electron chi connectivity index (χ0n) is 15.8. The number of aromatic nitrogens is 2. The van der Waals surface area contributed by atoms with E-state index < -0.39 is 0 Å². The Labute approximate surface area is 163 Å². The molecule has 0 saturated heterocycles. The Balaban J connectivity index is 1.80. The van der Waals surface area contributed by atoms with E-state index in [9.17, 15) is 4.79 Å². The number of hydrogen-bond acceptors (Lipinski definition) is 4. The van der Waals surface area contributed by atoms with Gasteiger partial charge < -0.3 is 14.0 Å². The van der Waals surface area contributed by atoms with E-state index in [0.29, 0.717) is 29.3 Å². The third kappa shape index (κ3) is 3.22. The molecule has 140 valence electrons. The molecular formula is C23H20N2O3. The summed E-state index contributed by atoms with van der Waals surface area (Å²) in [6.07, 6.45) is 3.41. The topological polar surface area (TPSA) is 53.4 Å². The number of nitrogens with zero attached hydrogens (tertiary/aromatic N) is 2. The number of benzene rings is 2. The summed E-state index contributed by atoms with van der Waals surface area (Å²) in [7, 11) is 3.06. The number of pyridine rings is 1. The van der Waals surface area contributed by atoms with E-state index in [1.54, 1.807) is 6.07 Å². The van der Waals surface area contributed by atoms with Crippen LogP contribution < -0.4 is 9.47 Å². The van der Waals surface area contributed by atoms with Crippen LogP contribution >= 0.6 is 0 Å².